The van der Waals surface area contributed by atoms with E-state index in [0.29, 0.717) is 24.5 Å². The first-order chi connectivity index (χ1) is 12.7. The number of hydrogen-bond donors (Lipinski definition) is 1. The Morgan fingerprint density at radius 2 is 2.15 bits per heavy atom. The van der Waals surface area contributed by atoms with Crippen LogP contribution in [0.2, 0.25) is 0 Å². The quantitative estimate of drug-likeness (QED) is 0.622. The van der Waals surface area contributed by atoms with Gasteiger partial charge in [-0.2, -0.15) is 0 Å². The molecular formula is C18H22N6O2. The highest BCUT2D eigenvalue weighted by Gasteiger charge is 2.15. The van der Waals surface area contributed by atoms with Crippen LogP contribution in [0.3, 0.4) is 0 Å². The molecule has 2 aromatic heterocycles. The molecule has 1 N–H and O–H groups in total. The lowest BCUT2D eigenvalue weighted by atomic mass is 10.1. The molecule has 2 heterocycles. The van der Waals surface area contributed by atoms with Crippen molar-refractivity contribution in [3.05, 3.63) is 54.4 Å². The number of benzene rings is 1. The third-order valence-corrected chi connectivity index (χ3v) is 4.08. The van der Waals surface area contributed by atoms with E-state index in [9.17, 15) is 4.79 Å². The summed E-state index contributed by atoms with van der Waals surface area (Å²) in [5.74, 6) is 1.29. The average molecular weight is 354 g/mol. The first-order valence-corrected chi connectivity index (χ1v) is 8.41. The van der Waals surface area contributed by atoms with Gasteiger partial charge in [0.2, 0.25) is 0 Å². The van der Waals surface area contributed by atoms with E-state index in [1.165, 1.54) is 0 Å². The fourth-order valence-electron chi connectivity index (χ4n) is 2.74. The Morgan fingerprint density at radius 1 is 1.31 bits per heavy atom. The number of methoxy groups -OCH3 is 1. The molecule has 0 aliphatic rings. The lowest BCUT2D eigenvalue weighted by Crippen LogP contribution is -2.25. The number of carbonyl (C=O) groups is 1. The van der Waals surface area contributed by atoms with Crippen LogP contribution in [0, 0.1) is 0 Å². The number of rotatable bonds is 8. The fraction of sp³-hybridized carbons (Fsp3) is 0.333. The summed E-state index contributed by atoms with van der Waals surface area (Å²) in [6.45, 7) is 1.72. The molecule has 0 atom stereocenters. The number of ether oxygens (including phenoxy) is 1. The maximum atomic E-state index is 12.7. The molecule has 0 unspecified atom stereocenters. The molecule has 0 saturated heterocycles. The number of imidazole rings is 1. The molecule has 0 fully saturated rings. The van der Waals surface area contributed by atoms with Gasteiger partial charge in [-0.3, -0.25) is 4.79 Å². The number of carbonyl (C=O) groups excluding carboxylic acids is 1. The van der Waals surface area contributed by atoms with Crippen molar-refractivity contribution in [2.75, 3.05) is 13.7 Å². The third-order valence-electron chi connectivity index (χ3n) is 4.08. The van der Waals surface area contributed by atoms with Gasteiger partial charge >= 0.3 is 0 Å². The van der Waals surface area contributed by atoms with Crippen LogP contribution >= 0.6 is 0 Å². The molecule has 0 saturated carbocycles. The van der Waals surface area contributed by atoms with Crippen LogP contribution in [0.15, 0.2) is 43.0 Å². The second-order valence-corrected chi connectivity index (χ2v) is 5.88. The minimum absolute atomic E-state index is 0.171. The molecule has 0 radical (unpaired) electrons. The minimum atomic E-state index is -0.171. The third kappa shape index (κ3) is 3.97. The zero-order chi connectivity index (χ0) is 18.4. The summed E-state index contributed by atoms with van der Waals surface area (Å²) in [4.78, 5) is 17.1. The first-order valence-electron chi connectivity index (χ1n) is 8.41. The van der Waals surface area contributed by atoms with Gasteiger partial charge in [0.05, 0.1) is 12.1 Å². The average Bonchev–Trinajstić information content (AvgIpc) is 3.28. The highest BCUT2D eigenvalue weighted by molar-refractivity contribution is 6.00. The van der Waals surface area contributed by atoms with Gasteiger partial charge in [-0.1, -0.05) is 18.2 Å². The lowest BCUT2D eigenvalue weighted by Gasteiger charge is -2.11. The van der Waals surface area contributed by atoms with Gasteiger partial charge in [-0.25, -0.2) is 4.98 Å². The van der Waals surface area contributed by atoms with Gasteiger partial charge in [0.1, 0.15) is 12.2 Å². The molecule has 0 spiro atoms. The van der Waals surface area contributed by atoms with Gasteiger partial charge in [0.25, 0.3) is 5.91 Å². The zero-order valence-corrected chi connectivity index (χ0v) is 14.9. The van der Waals surface area contributed by atoms with E-state index in [2.05, 4.69) is 20.5 Å². The monoisotopic (exact) mass is 354 g/mol. The maximum absolute atomic E-state index is 12.7. The van der Waals surface area contributed by atoms with Gasteiger partial charge in [0, 0.05) is 45.3 Å². The maximum Gasteiger partial charge on any atom is 0.252 e. The van der Waals surface area contributed by atoms with Crippen LogP contribution in [0.1, 0.15) is 22.6 Å². The Morgan fingerprint density at radius 3 is 2.92 bits per heavy atom. The second kappa shape index (κ2) is 8.39. The standard InChI is InChI=1S/C18H22N6O2/c1-23-10-8-19-17(23)14-6-3-4-7-15(14)18(25)20-12-16-22-21-13-24(16)9-5-11-26-2/h3-4,6-8,10,13H,5,9,11-12H2,1-2H3,(H,20,25). The van der Waals surface area contributed by atoms with E-state index in [4.69, 9.17) is 4.74 Å². The number of nitrogens with one attached hydrogen (secondary N) is 1. The van der Waals surface area contributed by atoms with Crippen molar-refractivity contribution in [1.82, 2.24) is 29.6 Å². The Balaban J connectivity index is 1.71. The van der Waals surface area contributed by atoms with Crippen molar-refractivity contribution in [3.8, 4) is 11.4 Å². The van der Waals surface area contributed by atoms with Crippen molar-refractivity contribution >= 4 is 5.91 Å². The van der Waals surface area contributed by atoms with Crippen molar-refractivity contribution in [3.63, 3.8) is 0 Å². The van der Waals surface area contributed by atoms with Crippen molar-refractivity contribution in [2.24, 2.45) is 7.05 Å². The molecule has 1 amide bonds. The van der Waals surface area contributed by atoms with E-state index in [1.54, 1.807) is 25.7 Å². The fourth-order valence-corrected chi connectivity index (χ4v) is 2.74. The summed E-state index contributed by atoms with van der Waals surface area (Å²) in [7, 11) is 3.58. The predicted molar refractivity (Wildman–Crippen MR) is 96.3 cm³/mol. The van der Waals surface area contributed by atoms with Crippen molar-refractivity contribution in [2.45, 2.75) is 19.5 Å². The van der Waals surface area contributed by atoms with Crippen molar-refractivity contribution < 1.29 is 9.53 Å². The SMILES string of the molecule is COCCCn1cnnc1CNC(=O)c1ccccc1-c1nccn1C. The number of aryl methyl sites for hydroxylation is 2. The number of hydrogen-bond acceptors (Lipinski definition) is 5. The second-order valence-electron chi connectivity index (χ2n) is 5.88. The van der Waals surface area contributed by atoms with Gasteiger partial charge in [-0.15, -0.1) is 10.2 Å². The zero-order valence-electron chi connectivity index (χ0n) is 14.9. The molecule has 0 aliphatic carbocycles. The Bertz CT molecular complexity index is 870. The number of aromatic nitrogens is 5. The van der Waals surface area contributed by atoms with E-state index in [1.807, 2.05) is 40.6 Å². The normalized spacial score (nSPS) is 10.8. The van der Waals surface area contributed by atoms with Crippen LogP contribution in [-0.4, -0.2) is 43.9 Å². The largest absolute Gasteiger partial charge is 0.385 e. The summed E-state index contributed by atoms with van der Waals surface area (Å²) >= 11 is 0. The summed E-state index contributed by atoms with van der Waals surface area (Å²) in [5, 5.41) is 10.9. The van der Waals surface area contributed by atoms with Crippen LogP contribution in [-0.2, 0) is 24.9 Å². The summed E-state index contributed by atoms with van der Waals surface area (Å²) in [6, 6.07) is 7.43. The Kier molecular flexibility index (Phi) is 5.75. The van der Waals surface area contributed by atoms with Gasteiger partial charge in [-0.05, 0) is 12.5 Å². The highest BCUT2D eigenvalue weighted by atomic mass is 16.5. The summed E-state index contributed by atoms with van der Waals surface area (Å²) in [5.41, 5.74) is 1.37. The van der Waals surface area contributed by atoms with E-state index < -0.39 is 0 Å². The molecule has 0 aliphatic heterocycles. The topological polar surface area (TPSA) is 86.9 Å². The smallest absolute Gasteiger partial charge is 0.252 e. The van der Waals surface area contributed by atoms with E-state index >= 15 is 0 Å². The van der Waals surface area contributed by atoms with Crippen LogP contribution < -0.4 is 5.32 Å². The molecule has 8 heteroatoms. The molecule has 0 bridgehead atoms. The Labute approximate surface area is 151 Å². The van der Waals surface area contributed by atoms with E-state index in [-0.39, 0.29) is 5.91 Å². The Hall–Kier alpha value is -3.00. The number of amides is 1. The molecule has 8 nitrogen and oxygen atoms in total. The summed E-state index contributed by atoms with van der Waals surface area (Å²) in [6.07, 6.45) is 6.09. The molecule has 26 heavy (non-hydrogen) atoms. The number of nitrogens with zero attached hydrogens (tertiary/aromatic N) is 5. The molecule has 136 valence electrons. The molecular weight excluding hydrogens is 332 g/mol. The lowest BCUT2D eigenvalue weighted by molar-refractivity contribution is 0.0950. The first kappa shape index (κ1) is 17.8. The predicted octanol–water partition coefficient (Wildman–Crippen LogP) is 1.65. The van der Waals surface area contributed by atoms with Crippen LogP contribution in [0.25, 0.3) is 11.4 Å². The van der Waals surface area contributed by atoms with Crippen LogP contribution in [0.5, 0.6) is 0 Å². The molecule has 1 aromatic carbocycles. The van der Waals surface area contributed by atoms with Crippen LogP contribution in [0.4, 0.5) is 0 Å². The minimum Gasteiger partial charge on any atom is -0.385 e. The summed E-state index contributed by atoms with van der Waals surface area (Å²) < 4.78 is 8.87. The van der Waals surface area contributed by atoms with Crippen molar-refractivity contribution in [1.29, 1.82) is 0 Å². The highest BCUT2D eigenvalue weighted by Crippen LogP contribution is 2.21. The molecule has 3 aromatic rings. The van der Waals surface area contributed by atoms with Gasteiger partial charge < -0.3 is 19.2 Å². The molecule has 3 rings (SSSR count). The van der Waals surface area contributed by atoms with Gasteiger partial charge in [0.15, 0.2) is 5.82 Å². The van der Waals surface area contributed by atoms with E-state index in [0.717, 1.165) is 24.4 Å².